The lowest BCUT2D eigenvalue weighted by molar-refractivity contribution is -0.137. The zero-order chi connectivity index (χ0) is 13.2. The number of benzene rings is 1. The number of carbonyl (C=O) groups is 2. The molecule has 1 aromatic carbocycles. The van der Waals surface area contributed by atoms with Crippen LogP contribution < -0.4 is 0 Å². The van der Waals surface area contributed by atoms with Crippen LogP contribution in [0, 0.1) is 17.5 Å². The standard InChI is InChI=1S/C10H7F3O4/c1-2-17-10(16)8(14)4-3-5(11)7(13)9(15)6(4)12/h3,15H,2H2,1H3. The van der Waals surface area contributed by atoms with Crippen LogP contribution in [0.2, 0.25) is 0 Å². The van der Waals surface area contributed by atoms with Gasteiger partial charge in [-0.15, -0.1) is 0 Å². The first kappa shape index (κ1) is 13.0. The third-order valence-electron chi connectivity index (χ3n) is 1.84. The number of esters is 1. The summed E-state index contributed by atoms with van der Waals surface area (Å²) in [6.07, 6.45) is 0. The minimum absolute atomic E-state index is 0.137. The van der Waals surface area contributed by atoms with Crippen LogP contribution in [0.4, 0.5) is 13.2 Å². The fraction of sp³-hybridized carbons (Fsp3) is 0.200. The van der Waals surface area contributed by atoms with Crippen molar-refractivity contribution in [3.63, 3.8) is 0 Å². The van der Waals surface area contributed by atoms with Gasteiger partial charge in [0.05, 0.1) is 12.2 Å². The highest BCUT2D eigenvalue weighted by Gasteiger charge is 2.27. The van der Waals surface area contributed by atoms with E-state index in [4.69, 9.17) is 5.11 Å². The molecule has 0 heterocycles. The smallest absolute Gasteiger partial charge is 0.379 e. The Morgan fingerprint density at radius 2 is 1.88 bits per heavy atom. The van der Waals surface area contributed by atoms with Gasteiger partial charge < -0.3 is 9.84 Å². The van der Waals surface area contributed by atoms with Crippen LogP contribution in [-0.2, 0) is 9.53 Å². The first-order valence-electron chi connectivity index (χ1n) is 4.48. The molecule has 0 bridgehead atoms. The highest BCUT2D eigenvalue weighted by atomic mass is 19.2. The maximum atomic E-state index is 13.2. The molecule has 4 nitrogen and oxygen atoms in total. The van der Waals surface area contributed by atoms with E-state index in [2.05, 4.69) is 4.74 Å². The van der Waals surface area contributed by atoms with Gasteiger partial charge in [0, 0.05) is 0 Å². The number of phenols is 1. The maximum absolute atomic E-state index is 13.2. The van der Waals surface area contributed by atoms with Crippen molar-refractivity contribution < 1.29 is 32.6 Å². The Morgan fingerprint density at radius 1 is 1.29 bits per heavy atom. The Morgan fingerprint density at radius 3 is 2.41 bits per heavy atom. The van der Waals surface area contributed by atoms with Crippen LogP contribution >= 0.6 is 0 Å². The summed E-state index contributed by atoms with van der Waals surface area (Å²) in [5, 5.41) is 8.83. The summed E-state index contributed by atoms with van der Waals surface area (Å²) in [7, 11) is 0. The Bertz CT molecular complexity index is 485. The second kappa shape index (κ2) is 4.86. The molecule has 1 rings (SSSR count). The molecule has 7 heteroatoms. The number of Topliss-reactive ketones (excluding diaryl/α,β-unsaturated/α-hetero) is 1. The van der Waals surface area contributed by atoms with Crippen LogP contribution in [0.5, 0.6) is 5.75 Å². The van der Waals surface area contributed by atoms with E-state index in [1.54, 1.807) is 0 Å². The molecule has 0 saturated heterocycles. The van der Waals surface area contributed by atoms with Crippen molar-refractivity contribution >= 4 is 11.8 Å². The number of aromatic hydroxyl groups is 1. The van der Waals surface area contributed by atoms with Crippen LogP contribution in [0.15, 0.2) is 6.07 Å². The summed E-state index contributed by atoms with van der Waals surface area (Å²) in [6.45, 7) is 1.27. The molecule has 0 aliphatic heterocycles. The molecule has 0 atom stereocenters. The molecular formula is C10H7F3O4. The Labute approximate surface area is 93.6 Å². The lowest BCUT2D eigenvalue weighted by Gasteiger charge is -2.05. The molecule has 0 unspecified atom stereocenters. The van der Waals surface area contributed by atoms with Gasteiger partial charge in [-0.2, -0.15) is 4.39 Å². The molecule has 1 N–H and O–H groups in total. The van der Waals surface area contributed by atoms with Gasteiger partial charge in [0.1, 0.15) is 0 Å². The molecule has 0 aliphatic carbocycles. The van der Waals surface area contributed by atoms with E-state index >= 15 is 0 Å². The van der Waals surface area contributed by atoms with Gasteiger partial charge in [-0.05, 0) is 13.0 Å². The molecular weight excluding hydrogens is 241 g/mol. The number of phenolic OH excluding ortho intramolecular Hbond substituents is 1. The summed E-state index contributed by atoms with van der Waals surface area (Å²) in [5.41, 5.74) is -1.08. The van der Waals surface area contributed by atoms with Crippen LogP contribution in [0.25, 0.3) is 0 Å². The van der Waals surface area contributed by atoms with Gasteiger partial charge in [0.25, 0.3) is 5.78 Å². The van der Waals surface area contributed by atoms with E-state index in [1.165, 1.54) is 6.92 Å². The van der Waals surface area contributed by atoms with Gasteiger partial charge in [-0.1, -0.05) is 0 Å². The van der Waals surface area contributed by atoms with Crippen molar-refractivity contribution in [1.82, 2.24) is 0 Å². The van der Waals surface area contributed by atoms with Gasteiger partial charge >= 0.3 is 5.97 Å². The summed E-state index contributed by atoms with van der Waals surface area (Å²) in [6, 6.07) is 0.184. The second-order valence-electron chi connectivity index (χ2n) is 2.93. The summed E-state index contributed by atoms with van der Waals surface area (Å²) in [4.78, 5) is 22.2. The molecule has 0 saturated carbocycles. The molecule has 0 aromatic heterocycles. The average Bonchev–Trinajstić information content (AvgIpc) is 2.30. The molecule has 0 spiro atoms. The van der Waals surface area contributed by atoms with Crippen molar-refractivity contribution in [3.05, 3.63) is 29.1 Å². The monoisotopic (exact) mass is 248 g/mol. The van der Waals surface area contributed by atoms with Gasteiger partial charge in [-0.25, -0.2) is 13.6 Å². The minimum Gasteiger partial charge on any atom is -0.503 e. The van der Waals surface area contributed by atoms with Crippen molar-refractivity contribution in [3.8, 4) is 5.75 Å². The molecule has 0 fully saturated rings. The quantitative estimate of drug-likeness (QED) is 0.381. The molecule has 0 amide bonds. The number of ketones is 1. The number of carbonyl (C=O) groups excluding carboxylic acids is 2. The highest BCUT2D eigenvalue weighted by Crippen LogP contribution is 2.26. The van der Waals surface area contributed by atoms with Crippen molar-refractivity contribution in [1.29, 1.82) is 0 Å². The van der Waals surface area contributed by atoms with E-state index in [0.29, 0.717) is 0 Å². The van der Waals surface area contributed by atoms with E-state index in [1.807, 2.05) is 0 Å². The third kappa shape index (κ3) is 2.38. The molecule has 0 radical (unpaired) electrons. The maximum Gasteiger partial charge on any atom is 0.379 e. The number of halogens is 3. The Hall–Kier alpha value is -2.05. The van der Waals surface area contributed by atoms with E-state index in [0.717, 1.165) is 0 Å². The average molecular weight is 248 g/mol. The van der Waals surface area contributed by atoms with Gasteiger partial charge in [-0.3, -0.25) is 4.79 Å². The topological polar surface area (TPSA) is 63.6 Å². The predicted octanol–water partition coefficient (Wildman–Crippen LogP) is 1.56. The zero-order valence-electron chi connectivity index (χ0n) is 8.59. The molecule has 0 aliphatic rings. The largest absolute Gasteiger partial charge is 0.503 e. The van der Waals surface area contributed by atoms with Crippen molar-refractivity contribution in [2.75, 3.05) is 6.61 Å². The second-order valence-corrected chi connectivity index (χ2v) is 2.93. The fourth-order valence-electron chi connectivity index (χ4n) is 1.06. The van der Waals surface area contributed by atoms with Crippen LogP contribution in [0.3, 0.4) is 0 Å². The van der Waals surface area contributed by atoms with Gasteiger partial charge in [0.2, 0.25) is 5.82 Å². The molecule has 1 aromatic rings. The minimum atomic E-state index is -1.83. The number of hydrogen-bond acceptors (Lipinski definition) is 4. The third-order valence-corrected chi connectivity index (χ3v) is 1.84. The van der Waals surface area contributed by atoms with E-state index < -0.39 is 40.5 Å². The van der Waals surface area contributed by atoms with Gasteiger partial charge in [0.15, 0.2) is 17.4 Å². The van der Waals surface area contributed by atoms with E-state index in [-0.39, 0.29) is 12.7 Å². The first-order valence-corrected chi connectivity index (χ1v) is 4.48. The Balaban J connectivity index is 3.24. The first-order chi connectivity index (χ1) is 7.90. The lowest BCUT2D eigenvalue weighted by Crippen LogP contribution is -2.19. The molecule has 92 valence electrons. The highest BCUT2D eigenvalue weighted by molar-refractivity contribution is 6.40. The fourth-order valence-corrected chi connectivity index (χ4v) is 1.06. The number of rotatable bonds is 3. The van der Waals surface area contributed by atoms with Crippen LogP contribution in [0.1, 0.15) is 17.3 Å². The van der Waals surface area contributed by atoms with Crippen LogP contribution in [-0.4, -0.2) is 23.5 Å². The summed E-state index contributed by atoms with van der Waals surface area (Å²) >= 11 is 0. The predicted molar refractivity (Wildman–Crippen MR) is 48.9 cm³/mol. The van der Waals surface area contributed by atoms with Crippen molar-refractivity contribution in [2.45, 2.75) is 6.92 Å². The lowest BCUT2D eigenvalue weighted by atomic mass is 10.1. The zero-order valence-corrected chi connectivity index (χ0v) is 8.59. The normalized spacial score (nSPS) is 10.1. The SMILES string of the molecule is CCOC(=O)C(=O)c1cc(F)c(F)c(O)c1F. The number of ether oxygens (including phenoxy) is 1. The molecule has 17 heavy (non-hydrogen) atoms. The summed E-state index contributed by atoms with van der Waals surface area (Å²) < 4.78 is 43.0. The Kier molecular flexibility index (Phi) is 3.72. The van der Waals surface area contributed by atoms with Crippen molar-refractivity contribution in [2.24, 2.45) is 0 Å². The number of hydrogen-bond donors (Lipinski definition) is 1. The summed E-state index contributed by atoms with van der Waals surface area (Å²) in [5.74, 6) is -9.76. The van der Waals surface area contributed by atoms with E-state index in [9.17, 15) is 22.8 Å².